The summed E-state index contributed by atoms with van der Waals surface area (Å²) in [5, 5.41) is 1.85. The van der Waals surface area contributed by atoms with E-state index < -0.39 is 0 Å². The minimum atomic E-state index is -0.383. The molecule has 3 heterocycles. The van der Waals surface area contributed by atoms with E-state index in [1.165, 1.54) is 0 Å². The number of ether oxygens (including phenoxy) is 1. The van der Waals surface area contributed by atoms with Crippen molar-refractivity contribution in [2.45, 2.75) is 0 Å². The number of amides is 2. The van der Waals surface area contributed by atoms with Crippen molar-refractivity contribution >= 4 is 34.9 Å². The highest BCUT2D eigenvalue weighted by molar-refractivity contribution is 8.18. The third kappa shape index (κ3) is 2.81. The first-order valence-corrected chi connectivity index (χ1v) is 6.94. The highest BCUT2D eigenvalue weighted by atomic mass is 32.2. The quantitative estimate of drug-likeness (QED) is 0.800. The predicted molar refractivity (Wildman–Crippen MR) is 74.2 cm³/mol. The zero-order valence-corrected chi connectivity index (χ0v) is 11.4. The first-order chi connectivity index (χ1) is 9.72. The van der Waals surface area contributed by atoms with Crippen molar-refractivity contribution in [1.29, 1.82) is 0 Å². The van der Waals surface area contributed by atoms with Crippen LogP contribution in [-0.4, -0.2) is 47.4 Å². The molecule has 7 nitrogen and oxygen atoms in total. The van der Waals surface area contributed by atoms with E-state index in [0.29, 0.717) is 29.8 Å². The fraction of sp³-hybridized carbons (Fsp3) is 0.333. The van der Waals surface area contributed by atoms with E-state index in [-0.39, 0.29) is 11.1 Å². The Labute approximate surface area is 119 Å². The molecule has 0 aliphatic carbocycles. The summed E-state index contributed by atoms with van der Waals surface area (Å²) >= 11 is 0.877. The van der Waals surface area contributed by atoms with Crippen molar-refractivity contribution < 1.29 is 14.3 Å². The van der Waals surface area contributed by atoms with Gasteiger partial charge in [-0.2, -0.15) is 0 Å². The lowest BCUT2D eigenvalue weighted by Gasteiger charge is -2.26. The first-order valence-electron chi connectivity index (χ1n) is 6.13. The number of morpholine rings is 1. The van der Waals surface area contributed by atoms with Gasteiger partial charge in [-0.15, -0.1) is 0 Å². The van der Waals surface area contributed by atoms with Crippen LogP contribution < -0.4 is 10.2 Å². The number of hydrogen-bond acceptors (Lipinski definition) is 7. The summed E-state index contributed by atoms with van der Waals surface area (Å²) in [4.78, 5) is 33.6. The second-order valence-electron chi connectivity index (χ2n) is 4.23. The summed E-state index contributed by atoms with van der Waals surface area (Å²) in [6.07, 6.45) is 3.24. The molecule has 0 unspecified atom stereocenters. The molecule has 0 spiro atoms. The van der Waals surface area contributed by atoms with E-state index in [0.717, 1.165) is 24.9 Å². The van der Waals surface area contributed by atoms with E-state index in [2.05, 4.69) is 15.3 Å². The van der Waals surface area contributed by atoms with Crippen LogP contribution in [0, 0.1) is 0 Å². The second-order valence-corrected chi connectivity index (χ2v) is 5.25. The maximum atomic E-state index is 11.5. The Morgan fingerprint density at radius 2 is 2.15 bits per heavy atom. The highest BCUT2D eigenvalue weighted by Crippen LogP contribution is 2.25. The number of aromatic nitrogens is 2. The number of nitrogens with one attached hydrogen (secondary N) is 1. The molecule has 0 aromatic carbocycles. The number of carbonyl (C=O) groups excluding carboxylic acids is 2. The van der Waals surface area contributed by atoms with Gasteiger partial charge in [0, 0.05) is 19.3 Å². The number of anilines is 1. The standard InChI is InChI=1S/C12H12N4O3S/c17-10-9(20-12(18)15-10)7-8-1-2-13-11(14-8)16-3-5-19-6-4-16/h1-2,7H,3-6H2,(H,15,17,18)/b9-7-. The van der Waals surface area contributed by atoms with Gasteiger partial charge in [0.15, 0.2) is 0 Å². The van der Waals surface area contributed by atoms with Crippen molar-refractivity contribution in [3.05, 3.63) is 22.9 Å². The van der Waals surface area contributed by atoms with Crippen molar-refractivity contribution in [1.82, 2.24) is 15.3 Å². The minimum absolute atomic E-state index is 0.349. The fourth-order valence-corrected chi connectivity index (χ4v) is 2.58. The van der Waals surface area contributed by atoms with Crippen molar-refractivity contribution in [3.8, 4) is 0 Å². The third-order valence-electron chi connectivity index (χ3n) is 2.88. The van der Waals surface area contributed by atoms with Crippen LogP contribution in [0.3, 0.4) is 0 Å². The number of rotatable bonds is 2. The van der Waals surface area contributed by atoms with E-state index in [4.69, 9.17) is 4.74 Å². The molecule has 8 heteroatoms. The average Bonchev–Trinajstić information content (AvgIpc) is 2.78. The Hall–Kier alpha value is -1.93. The zero-order valence-electron chi connectivity index (χ0n) is 10.5. The molecule has 1 aromatic rings. The van der Waals surface area contributed by atoms with Crippen LogP contribution in [0.2, 0.25) is 0 Å². The SMILES string of the molecule is O=C1NC(=O)/C(=C/c2ccnc(N3CCOCC3)n2)S1. The minimum Gasteiger partial charge on any atom is -0.378 e. The summed E-state index contributed by atoms with van der Waals surface area (Å²) in [6.45, 7) is 2.80. The monoisotopic (exact) mass is 292 g/mol. The van der Waals surface area contributed by atoms with Gasteiger partial charge in [-0.05, 0) is 23.9 Å². The summed E-state index contributed by atoms with van der Waals surface area (Å²) in [6, 6.07) is 1.70. The number of carbonyl (C=O) groups is 2. The van der Waals surface area contributed by atoms with Crippen LogP contribution in [0.1, 0.15) is 5.69 Å². The molecule has 0 bridgehead atoms. The van der Waals surface area contributed by atoms with E-state index in [1.807, 2.05) is 4.90 Å². The topological polar surface area (TPSA) is 84.4 Å². The summed E-state index contributed by atoms with van der Waals surface area (Å²) in [5.74, 6) is 0.226. The van der Waals surface area contributed by atoms with Crippen LogP contribution in [0.15, 0.2) is 17.2 Å². The summed E-state index contributed by atoms with van der Waals surface area (Å²) < 4.78 is 5.28. The lowest BCUT2D eigenvalue weighted by Crippen LogP contribution is -2.37. The van der Waals surface area contributed by atoms with Crippen LogP contribution in [0.25, 0.3) is 6.08 Å². The van der Waals surface area contributed by atoms with Crippen molar-refractivity contribution in [2.24, 2.45) is 0 Å². The fourth-order valence-electron chi connectivity index (χ4n) is 1.91. The summed E-state index contributed by atoms with van der Waals surface area (Å²) in [7, 11) is 0. The zero-order chi connectivity index (χ0) is 13.9. The predicted octanol–water partition coefficient (Wildman–Crippen LogP) is 0.637. The molecule has 0 radical (unpaired) electrons. The van der Waals surface area contributed by atoms with Gasteiger partial charge in [0.25, 0.3) is 11.1 Å². The molecule has 2 aliphatic heterocycles. The number of hydrogen-bond donors (Lipinski definition) is 1. The Morgan fingerprint density at radius 3 is 2.85 bits per heavy atom. The summed E-state index contributed by atoms with van der Waals surface area (Å²) in [5.41, 5.74) is 0.605. The number of thioether (sulfide) groups is 1. The van der Waals surface area contributed by atoms with Crippen molar-refractivity contribution in [2.75, 3.05) is 31.2 Å². The number of imide groups is 1. The van der Waals surface area contributed by atoms with Gasteiger partial charge < -0.3 is 9.64 Å². The van der Waals surface area contributed by atoms with Crippen molar-refractivity contribution in [3.63, 3.8) is 0 Å². The molecule has 2 fully saturated rings. The maximum absolute atomic E-state index is 11.5. The van der Waals surface area contributed by atoms with E-state index >= 15 is 0 Å². The molecular formula is C12H12N4O3S. The van der Waals surface area contributed by atoms with Gasteiger partial charge >= 0.3 is 0 Å². The van der Waals surface area contributed by atoms with Crippen LogP contribution in [0.5, 0.6) is 0 Å². The lowest BCUT2D eigenvalue weighted by molar-refractivity contribution is -0.115. The molecule has 20 heavy (non-hydrogen) atoms. The van der Waals surface area contributed by atoms with E-state index in [9.17, 15) is 9.59 Å². The Bertz CT molecular complexity index is 584. The lowest BCUT2D eigenvalue weighted by atomic mass is 10.3. The highest BCUT2D eigenvalue weighted by Gasteiger charge is 2.25. The molecule has 2 saturated heterocycles. The van der Waals surface area contributed by atoms with Gasteiger partial charge in [-0.3, -0.25) is 14.9 Å². The second kappa shape index (κ2) is 5.59. The molecule has 3 rings (SSSR count). The molecule has 2 amide bonds. The van der Waals surface area contributed by atoms with Crippen LogP contribution in [-0.2, 0) is 9.53 Å². The van der Waals surface area contributed by atoms with E-state index in [1.54, 1.807) is 18.3 Å². The van der Waals surface area contributed by atoms with Gasteiger partial charge in [-0.25, -0.2) is 9.97 Å². The number of nitrogens with zero attached hydrogens (tertiary/aromatic N) is 3. The largest absolute Gasteiger partial charge is 0.378 e. The first kappa shape index (κ1) is 13.1. The molecular weight excluding hydrogens is 280 g/mol. The molecule has 104 valence electrons. The van der Waals surface area contributed by atoms with Gasteiger partial charge in [-0.1, -0.05) is 0 Å². The smallest absolute Gasteiger partial charge is 0.290 e. The molecule has 0 atom stereocenters. The maximum Gasteiger partial charge on any atom is 0.290 e. The Morgan fingerprint density at radius 1 is 1.35 bits per heavy atom. The van der Waals surface area contributed by atoms with Gasteiger partial charge in [0.1, 0.15) is 0 Å². The third-order valence-corrected chi connectivity index (χ3v) is 3.69. The van der Waals surface area contributed by atoms with Crippen LogP contribution in [0.4, 0.5) is 10.7 Å². The molecule has 1 aromatic heterocycles. The Kier molecular flexibility index (Phi) is 3.66. The molecule has 0 saturated carbocycles. The van der Waals surface area contributed by atoms with Gasteiger partial charge in [0.05, 0.1) is 23.8 Å². The Balaban J connectivity index is 1.82. The van der Waals surface area contributed by atoms with Crippen LogP contribution >= 0.6 is 11.8 Å². The molecule has 1 N–H and O–H groups in total. The average molecular weight is 292 g/mol. The normalized spacial score (nSPS) is 21.4. The van der Waals surface area contributed by atoms with Gasteiger partial charge in [0.2, 0.25) is 5.95 Å². The molecule has 2 aliphatic rings.